The molecule has 0 aromatic heterocycles. The fourth-order valence-electron chi connectivity index (χ4n) is 1.12. The van der Waals surface area contributed by atoms with Crippen LogP contribution in [0.2, 0.25) is 0 Å². The maximum Gasteiger partial charge on any atom is 0.265 e. The second kappa shape index (κ2) is 3.29. The van der Waals surface area contributed by atoms with Crippen LogP contribution in [0.15, 0.2) is 5.10 Å². The van der Waals surface area contributed by atoms with Crippen LogP contribution in [0.3, 0.4) is 0 Å². The van der Waals surface area contributed by atoms with Crippen molar-refractivity contribution in [3.63, 3.8) is 0 Å². The first-order valence-electron chi connectivity index (χ1n) is 4.28. The highest BCUT2D eigenvalue weighted by Crippen LogP contribution is 2.18. The number of hydrogen-bond acceptors (Lipinski definition) is 3. The molecule has 70 valence electrons. The second-order valence-corrected chi connectivity index (χ2v) is 3.56. The summed E-state index contributed by atoms with van der Waals surface area (Å²) in [5.74, 6) is 0. The fourth-order valence-corrected chi connectivity index (χ4v) is 1.12. The summed E-state index contributed by atoms with van der Waals surface area (Å²) in [4.78, 5) is 1.60. The lowest BCUT2D eigenvalue weighted by atomic mass is 10.3. The number of hydrogen-bond donors (Lipinski definition) is 0. The van der Waals surface area contributed by atoms with Gasteiger partial charge in [-0.1, -0.05) is 0 Å². The average Bonchev–Trinajstić information content (AvgIpc) is 2.30. The molecule has 4 heteroatoms. The van der Waals surface area contributed by atoms with Gasteiger partial charge in [-0.05, 0) is 27.7 Å². The summed E-state index contributed by atoms with van der Waals surface area (Å²) >= 11 is 0. The maximum atomic E-state index is 13.5. The number of hydrazone groups is 1. The van der Waals surface area contributed by atoms with Gasteiger partial charge in [-0.2, -0.15) is 9.49 Å². The Labute approximate surface area is 72.8 Å². The van der Waals surface area contributed by atoms with E-state index in [2.05, 4.69) is 5.10 Å². The quantitative estimate of drug-likeness (QED) is 0.591. The third-order valence-corrected chi connectivity index (χ3v) is 1.91. The molecular formula is C8H16FN3. The second-order valence-electron chi connectivity index (χ2n) is 3.56. The van der Waals surface area contributed by atoms with Crippen molar-refractivity contribution < 1.29 is 4.39 Å². The summed E-state index contributed by atoms with van der Waals surface area (Å²) in [6.45, 7) is 7.74. The number of nitrogens with zero attached hydrogens (tertiary/aromatic N) is 3. The minimum Gasteiger partial charge on any atom is -0.311 e. The zero-order valence-corrected chi connectivity index (χ0v) is 8.03. The predicted molar refractivity (Wildman–Crippen MR) is 47.3 cm³/mol. The summed E-state index contributed by atoms with van der Waals surface area (Å²) in [6.07, 6.45) is 0.472. The largest absolute Gasteiger partial charge is 0.311 e. The van der Waals surface area contributed by atoms with Crippen LogP contribution in [0.1, 0.15) is 27.7 Å². The molecule has 0 saturated carbocycles. The molecule has 0 bridgehead atoms. The maximum absolute atomic E-state index is 13.5. The van der Waals surface area contributed by atoms with Crippen molar-refractivity contribution in [3.05, 3.63) is 0 Å². The molecule has 0 spiro atoms. The van der Waals surface area contributed by atoms with E-state index in [1.165, 1.54) is 5.01 Å². The van der Waals surface area contributed by atoms with Crippen LogP contribution < -0.4 is 0 Å². The van der Waals surface area contributed by atoms with Crippen molar-refractivity contribution in [3.8, 4) is 0 Å². The Morgan fingerprint density at radius 1 is 1.25 bits per heavy atom. The number of rotatable bonds is 2. The topological polar surface area (TPSA) is 18.8 Å². The number of alkyl halides is 1. The first kappa shape index (κ1) is 9.29. The standard InChI is InChI=1S/C8H16FN3/c1-6(2)11-5-10-12(7(3)4)8(11)9/h5-8H,1-4H3. The molecule has 0 aromatic carbocycles. The van der Waals surface area contributed by atoms with Gasteiger partial charge in [0.2, 0.25) is 0 Å². The molecule has 0 saturated heterocycles. The van der Waals surface area contributed by atoms with Gasteiger partial charge in [0.1, 0.15) is 6.34 Å². The van der Waals surface area contributed by atoms with Crippen LogP contribution in [0, 0.1) is 0 Å². The van der Waals surface area contributed by atoms with Gasteiger partial charge in [0.05, 0.1) is 0 Å². The smallest absolute Gasteiger partial charge is 0.265 e. The van der Waals surface area contributed by atoms with E-state index in [0.29, 0.717) is 0 Å². The summed E-state index contributed by atoms with van der Waals surface area (Å²) in [5, 5.41) is 5.44. The summed E-state index contributed by atoms with van der Waals surface area (Å²) < 4.78 is 13.5. The molecule has 0 aromatic rings. The van der Waals surface area contributed by atoms with Gasteiger partial charge in [-0.15, -0.1) is 0 Å². The molecule has 12 heavy (non-hydrogen) atoms. The molecule has 0 amide bonds. The molecule has 1 aliphatic rings. The zero-order chi connectivity index (χ0) is 9.30. The van der Waals surface area contributed by atoms with Crippen LogP contribution in [-0.2, 0) is 0 Å². The fraction of sp³-hybridized carbons (Fsp3) is 0.875. The molecule has 1 heterocycles. The van der Waals surface area contributed by atoms with E-state index in [4.69, 9.17) is 0 Å². The van der Waals surface area contributed by atoms with Crippen LogP contribution >= 0.6 is 0 Å². The van der Waals surface area contributed by atoms with Gasteiger partial charge in [0.15, 0.2) is 0 Å². The SMILES string of the molecule is CC(C)N1C=NN(C(C)C)C1F. The predicted octanol–water partition coefficient (Wildman–Crippen LogP) is 1.62. The monoisotopic (exact) mass is 173 g/mol. The molecule has 1 unspecified atom stereocenters. The number of halogens is 1. The Bertz CT molecular complexity index is 161. The van der Waals surface area contributed by atoms with E-state index in [0.717, 1.165) is 0 Å². The third kappa shape index (κ3) is 1.52. The van der Waals surface area contributed by atoms with Crippen molar-refractivity contribution >= 4 is 6.34 Å². The van der Waals surface area contributed by atoms with Gasteiger partial charge >= 0.3 is 0 Å². The highest BCUT2D eigenvalue weighted by Gasteiger charge is 2.30. The van der Waals surface area contributed by atoms with Gasteiger partial charge in [0, 0.05) is 12.1 Å². The summed E-state index contributed by atoms with van der Waals surface area (Å²) in [7, 11) is 0. The van der Waals surface area contributed by atoms with Gasteiger partial charge in [0.25, 0.3) is 6.42 Å². The van der Waals surface area contributed by atoms with Crippen LogP contribution in [-0.4, -0.2) is 34.8 Å². The van der Waals surface area contributed by atoms with E-state index in [1.807, 2.05) is 27.7 Å². The molecule has 0 fully saturated rings. The summed E-state index contributed by atoms with van der Waals surface area (Å²) in [5.41, 5.74) is 0. The first-order chi connectivity index (χ1) is 5.54. The van der Waals surface area contributed by atoms with Gasteiger partial charge < -0.3 is 4.90 Å². The highest BCUT2D eigenvalue weighted by molar-refractivity contribution is 5.57. The lowest BCUT2D eigenvalue weighted by Crippen LogP contribution is -2.42. The Morgan fingerprint density at radius 3 is 2.08 bits per heavy atom. The molecular weight excluding hydrogens is 157 g/mol. The average molecular weight is 173 g/mol. The highest BCUT2D eigenvalue weighted by atomic mass is 19.1. The molecule has 0 radical (unpaired) electrons. The van der Waals surface area contributed by atoms with Crippen LogP contribution in [0.5, 0.6) is 0 Å². The van der Waals surface area contributed by atoms with Crippen molar-refractivity contribution in [2.24, 2.45) is 5.10 Å². The van der Waals surface area contributed by atoms with E-state index in [1.54, 1.807) is 11.2 Å². The lowest BCUT2D eigenvalue weighted by Gasteiger charge is -2.28. The van der Waals surface area contributed by atoms with Crippen molar-refractivity contribution in [2.75, 3.05) is 0 Å². The lowest BCUT2D eigenvalue weighted by molar-refractivity contribution is -0.0160. The molecule has 3 nitrogen and oxygen atoms in total. The minimum atomic E-state index is -1.09. The van der Waals surface area contributed by atoms with E-state index < -0.39 is 6.42 Å². The molecule has 0 N–H and O–H groups in total. The van der Waals surface area contributed by atoms with Crippen molar-refractivity contribution in [1.82, 2.24) is 9.91 Å². The van der Waals surface area contributed by atoms with Crippen molar-refractivity contribution in [1.29, 1.82) is 0 Å². The third-order valence-electron chi connectivity index (χ3n) is 1.91. The van der Waals surface area contributed by atoms with E-state index in [9.17, 15) is 4.39 Å². The normalized spacial score (nSPS) is 23.4. The summed E-state index contributed by atoms with van der Waals surface area (Å²) in [6, 6.07) is 0.271. The molecule has 1 atom stereocenters. The van der Waals surface area contributed by atoms with Gasteiger partial charge in [-0.3, -0.25) is 0 Å². The van der Waals surface area contributed by atoms with E-state index >= 15 is 0 Å². The Balaban J connectivity index is 2.62. The molecule has 0 aliphatic carbocycles. The zero-order valence-electron chi connectivity index (χ0n) is 8.03. The van der Waals surface area contributed by atoms with E-state index in [-0.39, 0.29) is 12.1 Å². The Morgan fingerprint density at radius 2 is 1.83 bits per heavy atom. The van der Waals surface area contributed by atoms with Crippen LogP contribution in [0.4, 0.5) is 4.39 Å². The Hall–Kier alpha value is -0.800. The molecule has 1 rings (SSSR count). The van der Waals surface area contributed by atoms with Crippen LogP contribution in [0.25, 0.3) is 0 Å². The minimum absolute atomic E-state index is 0.111. The first-order valence-corrected chi connectivity index (χ1v) is 4.28. The van der Waals surface area contributed by atoms with Crippen molar-refractivity contribution in [2.45, 2.75) is 46.2 Å². The molecule has 1 aliphatic heterocycles. The Kier molecular flexibility index (Phi) is 2.55. The van der Waals surface area contributed by atoms with Gasteiger partial charge in [-0.25, -0.2) is 5.01 Å².